The van der Waals surface area contributed by atoms with Gasteiger partial charge in [0.05, 0.1) is 21.1 Å². The standard InChI is InChI=1S/C20H14N2O2S2/c1-2-8-21-14(3-1)18-6-7-19(26-18)20-22-15(12-25-20)13-4-5-16-17(11-13)24-10-9-23-16/h1-8,11-12H,9-10H2. The molecule has 1 aliphatic heterocycles. The van der Waals surface area contributed by atoms with Crippen LogP contribution in [-0.2, 0) is 0 Å². The van der Waals surface area contributed by atoms with E-state index in [0.717, 1.165) is 43.2 Å². The molecule has 0 unspecified atom stereocenters. The number of pyridine rings is 1. The maximum atomic E-state index is 5.68. The number of fused-ring (bicyclic) bond motifs is 1. The highest BCUT2D eigenvalue weighted by molar-refractivity contribution is 7.23. The molecule has 1 aromatic carbocycles. The number of aromatic nitrogens is 2. The van der Waals surface area contributed by atoms with Crippen LogP contribution in [0, 0.1) is 0 Å². The number of hydrogen-bond acceptors (Lipinski definition) is 6. The molecule has 0 amide bonds. The number of hydrogen-bond donors (Lipinski definition) is 0. The zero-order chi connectivity index (χ0) is 17.3. The molecule has 0 saturated heterocycles. The number of ether oxygens (including phenoxy) is 2. The Morgan fingerprint density at radius 3 is 2.62 bits per heavy atom. The summed E-state index contributed by atoms with van der Waals surface area (Å²) in [5.41, 5.74) is 2.99. The number of rotatable bonds is 3. The van der Waals surface area contributed by atoms with Crippen molar-refractivity contribution in [1.29, 1.82) is 0 Å². The van der Waals surface area contributed by atoms with Crippen LogP contribution in [0.2, 0.25) is 0 Å². The van der Waals surface area contributed by atoms with E-state index in [2.05, 4.69) is 22.5 Å². The van der Waals surface area contributed by atoms with E-state index in [1.165, 1.54) is 0 Å². The Morgan fingerprint density at radius 1 is 0.846 bits per heavy atom. The Bertz CT molecular complexity index is 1060. The van der Waals surface area contributed by atoms with Gasteiger partial charge in [0.25, 0.3) is 0 Å². The quantitative estimate of drug-likeness (QED) is 0.481. The maximum Gasteiger partial charge on any atom is 0.162 e. The Hall–Kier alpha value is -2.70. The van der Waals surface area contributed by atoms with E-state index in [1.807, 2.05) is 42.6 Å². The summed E-state index contributed by atoms with van der Waals surface area (Å²) in [6.07, 6.45) is 1.82. The van der Waals surface area contributed by atoms with Crippen LogP contribution in [0.15, 0.2) is 60.1 Å². The maximum absolute atomic E-state index is 5.68. The SMILES string of the molecule is c1ccc(-c2ccc(-c3nc(-c4ccc5c(c4)OCCO5)cs3)s2)nc1. The average Bonchev–Trinajstić information content (AvgIpc) is 3.38. The van der Waals surface area contributed by atoms with Crippen LogP contribution in [0.25, 0.3) is 31.7 Å². The second-order valence-electron chi connectivity index (χ2n) is 5.78. The molecule has 4 aromatic rings. The van der Waals surface area contributed by atoms with Crippen LogP contribution in [0.4, 0.5) is 0 Å². The molecule has 26 heavy (non-hydrogen) atoms. The van der Waals surface area contributed by atoms with E-state index in [1.54, 1.807) is 22.7 Å². The lowest BCUT2D eigenvalue weighted by atomic mass is 10.1. The van der Waals surface area contributed by atoms with Gasteiger partial charge in [-0.05, 0) is 42.5 Å². The Morgan fingerprint density at radius 2 is 1.73 bits per heavy atom. The largest absolute Gasteiger partial charge is 0.486 e. The molecule has 6 heteroatoms. The van der Waals surface area contributed by atoms with Gasteiger partial charge in [0.2, 0.25) is 0 Å². The molecule has 0 aliphatic carbocycles. The summed E-state index contributed by atoms with van der Waals surface area (Å²) in [6, 6.07) is 16.2. The molecule has 5 rings (SSSR count). The second kappa shape index (κ2) is 6.55. The van der Waals surface area contributed by atoms with Gasteiger partial charge in [0.1, 0.15) is 18.2 Å². The van der Waals surface area contributed by atoms with Crippen LogP contribution in [-0.4, -0.2) is 23.2 Å². The van der Waals surface area contributed by atoms with Crippen LogP contribution in [0.3, 0.4) is 0 Å². The van der Waals surface area contributed by atoms with Crippen molar-refractivity contribution in [1.82, 2.24) is 9.97 Å². The van der Waals surface area contributed by atoms with E-state index >= 15 is 0 Å². The van der Waals surface area contributed by atoms with Crippen molar-refractivity contribution >= 4 is 22.7 Å². The van der Waals surface area contributed by atoms with Gasteiger partial charge >= 0.3 is 0 Å². The predicted molar refractivity (Wildman–Crippen MR) is 105 cm³/mol. The highest BCUT2D eigenvalue weighted by atomic mass is 32.1. The second-order valence-corrected chi connectivity index (χ2v) is 7.72. The van der Waals surface area contributed by atoms with Crippen LogP contribution in [0.1, 0.15) is 0 Å². The van der Waals surface area contributed by atoms with Crippen LogP contribution in [0.5, 0.6) is 11.5 Å². The smallest absolute Gasteiger partial charge is 0.162 e. The molecule has 0 atom stereocenters. The number of benzene rings is 1. The molecule has 0 radical (unpaired) electrons. The first-order valence-corrected chi connectivity index (χ1v) is 9.93. The minimum absolute atomic E-state index is 0.588. The van der Waals surface area contributed by atoms with Gasteiger partial charge < -0.3 is 9.47 Å². The number of thiazole rings is 1. The van der Waals surface area contributed by atoms with E-state index < -0.39 is 0 Å². The zero-order valence-electron chi connectivity index (χ0n) is 13.7. The van der Waals surface area contributed by atoms with Crippen molar-refractivity contribution < 1.29 is 9.47 Å². The van der Waals surface area contributed by atoms with Gasteiger partial charge in [0, 0.05) is 17.1 Å². The fourth-order valence-electron chi connectivity index (χ4n) is 2.82. The third kappa shape index (κ3) is 2.87. The highest BCUT2D eigenvalue weighted by Crippen LogP contribution is 2.38. The summed E-state index contributed by atoms with van der Waals surface area (Å²) >= 11 is 3.36. The van der Waals surface area contributed by atoms with Crippen LogP contribution < -0.4 is 9.47 Å². The topological polar surface area (TPSA) is 44.2 Å². The third-order valence-electron chi connectivity index (χ3n) is 4.08. The van der Waals surface area contributed by atoms with Crippen LogP contribution >= 0.6 is 22.7 Å². The molecule has 1 aliphatic rings. The van der Waals surface area contributed by atoms with Gasteiger partial charge in [-0.3, -0.25) is 4.98 Å². The zero-order valence-corrected chi connectivity index (χ0v) is 15.3. The molecule has 0 N–H and O–H groups in total. The molecular formula is C20H14N2O2S2. The summed E-state index contributed by atoms with van der Waals surface area (Å²) in [5, 5.41) is 3.10. The van der Waals surface area contributed by atoms with Gasteiger partial charge in [-0.25, -0.2) is 4.98 Å². The molecular weight excluding hydrogens is 364 g/mol. The predicted octanol–water partition coefficient (Wildman–Crippen LogP) is 5.37. The Kier molecular flexibility index (Phi) is 3.92. The van der Waals surface area contributed by atoms with Crippen molar-refractivity contribution in [2.45, 2.75) is 0 Å². The summed E-state index contributed by atoms with van der Waals surface area (Å²) in [6.45, 7) is 1.19. The minimum Gasteiger partial charge on any atom is -0.486 e. The molecule has 3 aromatic heterocycles. The van der Waals surface area contributed by atoms with Gasteiger partial charge in [-0.2, -0.15) is 0 Å². The molecule has 0 saturated carbocycles. The molecule has 0 spiro atoms. The van der Waals surface area contributed by atoms with Crippen molar-refractivity contribution in [3.63, 3.8) is 0 Å². The van der Waals surface area contributed by atoms with E-state index in [0.29, 0.717) is 13.2 Å². The number of nitrogens with zero attached hydrogens (tertiary/aromatic N) is 2. The molecule has 0 fully saturated rings. The average molecular weight is 378 g/mol. The summed E-state index contributed by atoms with van der Waals surface area (Å²) in [7, 11) is 0. The van der Waals surface area contributed by atoms with Crippen molar-refractivity contribution in [2.75, 3.05) is 13.2 Å². The highest BCUT2D eigenvalue weighted by Gasteiger charge is 2.15. The minimum atomic E-state index is 0.588. The molecule has 128 valence electrons. The lowest BCUT2D eigenvalue weighted by molar-refractivity contribution is 0.171. The molecule has 4 heterocycles. The lowest BCUT2D eigenvalue weighted by Crippen LogP contribution is -2.15. The van der Waals surface area contributed by atoms with Crippen molar-refractivity contribution in [3.05, 3.63) is 60.1 Å². The summed E-state index contributed by atoms with van der Waals surface area (Å²) in [5.74, 6) is 1.59. The van der Waals surface area contributed by atoms with E-state index in [-0.39, 0.29) is 0 Å². The van der Waals surface area contributed by atoms with Gasteiger partial charge in [-0.15, -0.1) is 22.7 Å². The van der Waals surface area contributed by atoms with Gasteiger partial charge in [-0.1, -0.05) is 6.07 Å². The monoisotopic (exact) mass is 378 g/mol. The van der Waals surface area contributed by atoms with E-state index in [9.17, 15) is 0 Å². The molecule has 4 nitrogen and oxygen atoms in total. The Labute approximate surface area is 158 Å². The third-order valence-corrected chi connectivity index (χ3v) is 6.20. The van der Waals surface area contributed by atoms with Crippen molar-refractivity contribution in [2.24, 2.45) is 0 Å². The normalized spacial score (nSPS) is 12.9. The van der Waals surface area contributed by atoms with Gasteiger partial charge in [0.15, 0.2) is 11.5 Å². The molecule has 0 bridgehead atoms. The summed E-state index contributed by atoms with van der Waals surface area (Å²) in [4.78, 5) is 11.5. The van der Waals surface area contributed by atoms with Crippen molar-refractivity contribution in [3.8, 4) is 43.2 Å². The first kappa shape index (κ1) is 15.5. The fourth-order valence-corrected chi connectivity index (χ4v) is 4.71. The Balaban J connectivity index is 1.45. The first-order chi connectivity index (χ1) is 12.9. The lowest BCUT2D eigenvalue weighted by Gasteiger charge is -2.18. The van der Waals surface area contributed by atoms with E-state index in [4.69, 9.17) is 14.5 Å². The first-order valence-electron chi connectivity index (χ1n) is 8.24. The summed E-state index contributed by atoms with van der Waals surface area (Å²) < 4.78 is 11.3. The fraction of sp³-hybridized carbons (Fsp3) is 0.100. The number of thiophene rings is 1.